The van der Waals surface area contributed by atoms with Gasteiger partial charge in [-0.3, -0.25) is 9.59 Å². The van der Waals surface area contributed by atoms with Gasteiger partial charge in [0.05, 0.1) is 17.4 Å². The van der Waals surface area contributed by atoms with Crippen LogP contribution >= 0.6 is 0 Å². The van der Waals surface area contributed by atoms with Gasteiger partial charge in [-0.2, -0.15) is 0 Å². The molecule has 1 fully saturated rings. The molecule has 2 N–H and O–H groups in total. The number of aromatic amines is 1. The smallest absolute Gasteiger partial charge is 0.258 e. The number of amides is 1. The maximum Gasteiger partial charge on any atom is 0.258 e. The van der Waals surface area contributed by atoms with E-state index in [-0.39, 0.29) is 17.3 Å². The Morgan fingerprint density at radius 2 is 1.88 bits per heavy atom. The van der Waals surface area contributed by atoms with Gasteiger partial charge in [-0.05, 0) is 68.4 Å². The lowest BCUT2D eigenvalue weighted by molar-refractivity contribution is 0.0707. The fourth-order valence-electron chi connectivity index (χ4n) is 4.19. The van der Waals surface area contributed by atoms with E-state index in [0.29, 0.717) is 39.5 Å². The number of piperidine rings is 1. The number of nitrogens with zero attached hydrogens (tertiary/aromatic N) is 4. The first-order chi connectivity index (χ1) is 16.0. The highest BCUT2D eigenvalue weighted by Crippen LogP contribution is 2.20. The molecule has 0 saturated carbocycles. The van der Waals surface area contributed by atoms with Crippen LogP contribution in [0.5, 0.6) is 0 Å². The van der Waals surface area contributed by atoms with Gasteiger partial charge in [0.2, 0.25) is 0 Å². The molecule has 33 heavy (non-hydrogen) atoms. The molecule has 2 aromatic heterocycles. The summed E-state index contributed by atoms with van der Waals surface area (Å²) in [4.78, 5) is 29.9. The largest absolute Gasteiger partial charge is 0.339 e. The molecule has 0 aliphatic carbocycles. The van der Waals surface area contributed by atoms with E-state index in [1.807, 2.05) is 11.9 Å². The summed E-state index contributed by atoms with van der Waals surface area (Å²) in [5, 5.41) is 12.1. The van der Waals surface area contributed by atoms with E-state index >= 15 is 0 Å². The third-order valence-electron chi connectivity index (χ3n) is 6.14. The first kappa shape index (κ1) is 21.0. The Bertz CT molecular complexity index is 1370. The van der Waals surface area contributed by atoms with Crippen LogP contribution in [0.3, 0.4) is 0 Å². The summed E-state index contributed by atoms with van der Waals surface area (Å²) in [7, 11) is 1.95. The van der Waals surface area contributed by atoms with Crippen LogP contribution in [0.1, 0.15) is 23.2 Å². The predicted octanol–water partition coefficient (Wildman–Crippen LogP) is 2.74. The van der Waals surface area contributed by atoms with Gasteiger partial charge in [0.15, 0.2) is 0 Å². The third-order valence-corrected chi connectivity index (χ3v) is 6.14. The summed E-state index contributed by atoms with van der Waals surface area (Å²) in [6.07, 6.45) is 3.53. The monoisotopic (exact) mass is 446 g/mol. The number of hydrogen-bond donors (Lipinski definition) is 2. The first-order valence-electron chi connectivity index (χ1n) is 10.8. The summed E-state index contributed by atoms with van der Waals surface area (Å²) in [5.41, 5.74) is 2.22. The Hall–Kier alpha value is -3.85. The average Bonchev–Trinajstić information content (AvgIpc) is 3.33. The molecule has 0 unspecified atom stereocenters. The van der Waals surface area contributed by atoms with Gasteiger partial charge in [0.25, 0.3) is 11.5 Å². The van der Waals surface area contributed by atoms with E-state index in [4.69, 9.17) is 0 Å². The third kappa shape index (κ3) is 4.14. The highest BCUT2D eigenvalue weighted by Gasteiger charge is 2.22. The number of fused-ring (bicyclic) bond motifs is 1. The molecule has 4 aromatic rings. The highest BCUT2D eigenvalue weighted by atomic mass is 19.1. The van der Waals surface area contributed by atoms with E-state index in [0.717, 1.165) is 25.9 Å². The number of carbonyl (C=O) groups is 1. The topological polar surface area (TPSA) is 95.9 Å². The summed E-state index contributed by atoms with van der Waals surface area (Å²) < 4.78 is 15.1. The number of benzene rings is 2. The minimum absolute atomic E-state index is 0.0188. The number of rotatable bonds is 4. The molecule has 0 radical (unpaired) electrons. The number of aromatic nitrogens is 4. The molecule has 9 heteroatoms. The molecule has 5 rings (SSSR count). The summed E-state index contributed by atoms with van der Waals surface area (Å²) in [6, 6.07) is 13.4. The minimum Gasteiger partial charge on any atom is -0.339 e. The lowest BCUT2D eigenvalue weighted by Crippen LogP contribution is -2.43. The SMILES string of the molecule is CNC1CCN(C(=O)c2ccc(-n3cc(-c4cc5cc(F)ccc5[nH]c4=O)nn3)cc2)CC1. The Labute approximate surface area is 189 Å². The van der Waals surface area contributed by atoms with E-state index in [2.05, 4.69) is 20.6 Å². The zero-order valence-electron chi connectivity index (χ0n) is 18.1. The van der Waals surface area contributed by atoms with E-state index in [9.17, 15) is 14.0 Å². The van der Waals surface area contributed by atoms with Crippen molar-refractivity contribution in [3.63, 3.8) is 0 Å². The van der Waals surface area contributed by atoms with Gasteiger partial charge in [0.1, 0.15) is 11.5 Å². The number of pyridine rings is 1. The van der Waals surface area contributed by atoms with E-state index < -0.39 is 0 Å². The second-order valence-corrected chi connectivity index (χ2v) is 8.19. The Kier molecular flexibility index (Phi) is 5.47. The van der Waals surface area contributed by atoms with Crippen molar-refractivity contribution in [1.29, 1.82) is 0 Å². The van der Waals surface area contributed by atoms with Gasteiger partial charge in [-0.1, -0.05) is 5.21 Å². The Balaban J connectivity index is 1.36. The Morgan fingerprint density at radius 3 is 2.61 bits per heavy atom. The van der Waals surface area contributed by atoms with Crippen molar-refractivity contribution in [2.45, 2.75) is 18.9 Å². The molecule has 3 heterocycles. The molecule has 1 aliphatic heterocycles. The molecular weight excluding hydrogens is 423 g/mol. The van der Waals surface area contributed by atoms with Crippen molar-refractivity contribution in [2.75, 3.05) is 20.1 Å². The Morgan fingerprint density at radius 1 is 1.12 bits per heavy atom. The quantitative estimate of drug-likeness (QED) is 0.503. The molecule has 1 aliphatic rings. The summed E-state index contributed by atoms with van der Waals surface area (Å²) >= 11 is 0. The molecular formula is C24H23FN6O2. The number of nitrogens with one attached hydrogen (secondary N) is 2. The van der Waals surface area contributed by atoms with Gasteiger partial charge >= 0.3 is 0 Å². The number of hydrogen-bond acceptors (Lipinski definition) is 5. The zero-order valence-corrected chi connectivity index (χ0v) is 18.1. The van der Waals surface area contributed by atoms with Crippen LogP contribution in [0, 0.1) is 5.82 Å². The second-order valence-electron chi connectivity index (χ2n) is 8.19. The van der Waals surface area contributed by atoms with Crippen LogP contribution in [-0.2, 0) is 0 Å². The van der Waals surface area contributed by atoms with Gasteiger partial charge in [-0.25, -0.2) is 9.07 Å². The second kappa shape index (κ2) is 8.59. The average molecular weight is 446 g/mol. The first-order valence-corrected chi connectivity index (χ1v) is 10.8. The maximum absolute atomic E-state index is 13.6. The van der Waals surface area contributed by atoms with Gasteiger partial charge < -0.3 is 15.2 Å². The number of halogens is 1. The fourth-order valence-corrected chi connectivity index (χ4v) is 4.19. The van der Waals surface area contributed by atoms with Crippen LogP contribution in [-0.4, -0.2) is 57.0 Å². The lowest BCUT2D eigenvalue weighted by atomic mass is 10.0. The molecule has 0 atom stereocenters. The molecule has 2 aromatic carbocycles. The van der Waals surface area contributed by atoms with E-state index in [1.165, 1.54) is 22.9 Å². The van der Waals surface area contributed by atoms with Crippen LogP contribution in [0.15, 0.2) is 59.5 Å². The standard InChI is InChI=1S/C24H23FN6O2/c1-26-18-8-10-30(11-9-18)24(33)15-2-5-19(6-3-15)31-14-22(28-29-31)20-13-16-12-17(25)4-7-21(16)27-23(20)32/h2-7,12-14,18,26H,8-11H2,1H3,(H,27,32). The van der Waals surface area contributed by atoms with Gasteiger partial charge in [0, 0.05) is 35.6 Å². The molecule has 168 valence electrons. The van der Waals surface area contributed by atoms with E-state index in [1.54, 1.807) is 36.5 Å². The van der Waals surface area contributed by atoms with Crippen molar-refractivity contribution >= 4 is 16.8 Å². The molecule has 8 nitrogen and oxygen atoms in total. The normalized spacial score (nSPS) is 14.7. The predicted molar refractivity (Wildman–Crippen MR) is 123 cm³/mol. The van der Waals surface area contributed by atoms with Crippen LogP contribution in [0.4, 0.5) is 4.39 Å². The summed E-state index contributed by atoms with van der Waals surface area (Å²) in [5.74, 6) is -0.365. The van der Waals surface area contributed by atoms with Crippen molar-refractivity contribution in [1.82, 2.24) is 30.2 Å². The lowest BCUT2D eigenvalue weighted by Gasteiger charge is -2.31. The highest BCUT2D eigenvalue weighted by molar-refractivity contribution is 5.94. The summed E-state index contributed by atoms with van der Waals surface area (Å²) in [6.45, 7) is 1.48. The van der Waals surface area contributed by atoms with Crippen LogP contribution in [0.2, 0.25) is 0 Å². The van der Waals surface area contributed by atoms with Crippen molar-refractivity contribution < 1.29 is 9.18 Å². The van der Waals surface area contributed by atoms with Crippen molar-refractivity contribution in [3.05, 3.63) is 76.5 Å². The fraction of sp³-hybridized carbons (Fsp3) is 0.250. The number of likely N-dealkylation sites (tertiary alicyclic amines) is 1. The molecule has 0 bridgehead atoms. The van der Waals surface area contributed by atoms with Crippen LogP contribution in [0.25, 0.3) is 27.8 Å². The van der Waals surface area contributed by atoms with Crippen molar-refractivity contribution in [3.8, 4) is 16.9 Å². The number of H-pyrrole nitrogens is 1. The molecule has 1 amide bonds. The minimum atomic E-state index is -0.384. The maximum atomic E-state index is 13.6. The molecule has 1 saturated heterocycles. The number of carbonyl (C=O) groups excluding carboxylic acids is 1. The van der Waals surface area contributed by atoms with Gasteiger partial charge in [-0.15, -0.1) is 5.10 Å². The molecule has 0 spiro atoms. The van der Waals surface area contributed by atoms with Crippen molar-refractivity contribution in [2.24, 2.45) is 0 Å². The van der Waals surface area contributed by atoms with Crippen LogP contribution < -0.4 is 10.9 Å². The zero-order chi connectivity index (χ0) is 22.9.